The molecule has 0 bridgehead atoms. The molecule has 4 rings (SSSR count). The van der Waals surface area contributed by atoms with Crippen molar-refractivity contribution in [3.05, 3.63) is 65.4 Å². The number of pyridine rings is 1. The monoisotopic (exact) mass is 388 g/mol. The quantitative estimate of drug-likeness (QED) is 0.343. The minimum Gasteiger partial charge on any atom is -0.200 e. The van der Waals surface area contributed by atoms with Crippen LogP contribution in [0.15, 0.2) is 48.7 Å². The molecular formula is C26H34NSi+. The van der Waals surface area contributed by atoms with Crippen LogP contribution < -0.4 is 4.57 Å². The van der Waals surface area contributed by atoms with Crippen LogP contribution >= 0.6 is 0 Å². The van der Waals surface area contributed by atoms with Gasteiger partial charge in [-0.2, -0.15) is 0 Å². The van der Waals surface area contributed by atoms with Crippen molar-refractivity contribution in [1.29, 1.82) is 0 Å². The van der Waals surface area contributed by atoms with Crippen LogP contribution in [0.5, 0.6) is 0 Å². The first-order valence-electron chi connectivity index (χ1n) is 10.9. The standard InChI is InChI=1S/C26H34NSi/c1-6-20-8-7-19(2)25(17-20)26-24-10-9-22(18-23(24)11-14-27(26)3)21-12-15-28(4,5)16-13-21/h7-11,14,17-18,21H,6,12-13,15-16H2,1-5H3/q+1. The van der Waals surface area contributed by atoms with Crippen molar-refractivity contribution in [2.75, 3.05) is 0 Å². The summed E-state index contributed by atoms with van der Waals surface area (Å²) in [7, 11) is 1.28. The summed E-state index contributed by atoms with van der Waals surface area (Å²) in [4.78, 5) is 0. The zero-order valence-corrected chi connectivity index (χ0v) is 19.2. The van der Waals surface area contributed by atoms with Gasteiger partial charge >= 0.3 is 0 Å². The first kappa shape index (κ1) is 19.4. The summed E-state index contributed by atoms with van der Waals surface area (Å²) in [6, 6.07) is 19.4. The topological polar surface area (TPSA) is 3.88 Å². The van der Waals surface area contributed by atoms with E-state index in [0.29, 0.717) is 0 Å². The third-order valence-electron chi connectivity index (χ3n) is 6.94. The summed E-state index contributed by atoms with van der Waals surface area (Å²) in [5, 5.41) is 2.75. The molecule has 2 heteroatoms. The van der Waals surface area contributed by atoms with Gasteiger partial charge in [0, 0.05) is 19.7 Å². The Balaban J connectivity index is 1.78. The van der Waals surface area contributed by atoms with Crippen molar-refractivity contribution in [1.82, 2.24) is 0 Å². The third-order valence-corrected chi connectivity index (χ3v) is 10.2. The lowest BCUT2D eigenvalue weighted by atomic mass is 9.90. The van der Waals surface area contributed by atoms with Gasteiger partial charge in [-0.25, -0.2) is 4.57 Å². The Morgan fingerprint density at radius 1 is 1.00 bits per heavy atom. The molecule has 0 aliphatic carbocycles. The molecule has 3 aromatic rings. The van der Waals surface area contributed by atoms with Crippen LogP contribution in [0.2, 0.25) is 25.2 Å². The Morgan fingerprint density at radius 3 is 2.46 bits per heavy atom. The fourth-order valence-electron chi connectivity index (χ4n) is 4.86. The van der Waals surface area contributed by atoms with Crippen LogP contribution in [0.4, 0.5) is 0 Å². The Labute approximate surface area is 171 Å². The average molecular weight is 389 g/mol. The molecule has 1 aromatic heterocycles. The van der Waals surface area contributed by atoms with E-state index >= 15 is 0 Å². The lowest BCUT2D eigenvalue weighted by Gasteiger charge is -2.33. The highest BCUT2D eigenvalue weighted by atomic mass is 28.3. The van der Waals surface area contributed by atoms with Crippen molar-refractivity contribution in [2.24, 2.45) is 7.05 Å². The average Bonchev–Trinajstić information content (AvgIpc) is 2.68. The number of aromatic nitrogens is 1. The maximum Gasteiger partial charge on any atom is 0.220 e. The Bertz CT molecular complexity index is 1010. The van der Waals surface area contributed by atoms with Crippen LogP contribution in [-0.2, 0) is 13.5 Å². The van der Waals surface area contributed by atoms with Crippen LogP contribution in [0.3, 0.4) is 0 Å². The molecule has 1 aliphatic rings. The second-order valence-corrected chi connectivity index (χ2v) is 14.9. The molecule has 146 valence electrons. The largest absolute Gasteiger partial charge is 0.220 e. The molecule has 1 aliphatic heterocycles. The number of nitrogens with zero attached hydrogens (tertiary/aromatic N) is 1. The summed E-state index contributed by atoms with van der Waals surface area (Å²) in [6.45, 7) is 9.58. The number of fused-ring (bicyclic) bond motifs is 1. The van der Waals surface area contributed by atoms with Crippen LogP contribution in [0, 0.1) is 6.92 Å². The van der Waals surface area contributed by atoms with E-state index in [1.54, 1.807) is 5.56 Å². The van der Waals surface area contributed by atoms with Gasteiger partial charge in [0.2, 0.25) is 5.69 Å². The Hall–Kier alpha value is -1.93. The van der Waals surface area contributed by atoms with E-state index in [1.165, 1.54) is 58.1 Å². The second kappa shape index (κ2) is 7.48. The van der Waals surface area contributed by atoms with E-state index in [1.807, 2.05) is 0 Å². The minimum atomic E-state index is -0.898. The molecule has 2 heterocycles. The summed E-state index contributed by atoms with van der Waals surface area (Å²) in [5.74, 6) is 0.757. The van der Waals surface area contributed by atoms with Crippen molar-refractivity contribution >= 4 is 18.8 Å². The first-order valence-corrected chi connectivity index (χ1v) is 14.3. The number of hydrogen-bond donors (Lipinski definition) is 0. The van der Waals surface area contributed by atoms with Crippen LogP contribution in [0.25, 0.3) is 22.0 Å². The fourth-order valence-corrected chi connectivity index (χ4v) is 7.37. The zero-order valence-electron chi connectivity index (χ0n) is 18.2. The molecule has 0 amide bonds. The fraction of sp³-hybridized carbons (Fsp3) is 0.423. The van der Waals surface area contributed by atoms with Gasteiger partial charge in [-0.3, -0.25) is 0 Å². The molecule has 1 saturated heterocycles. The molecule has 1 nitrogen and oxygen atoms in total. The zero-order chi connectivity index (χ0) is 19.9. The lowest BCUT2D eigenvalue weighted by Crippen LogP contribution is -2.31. The molecule has 0 saturated carbocycles. The second-order valence-electron chi connectivity index (χ2n) is 9.56. The van der Waals surface area contributed by atoms with Crippen molar-refractivity contribution in [2.45, 2.75) is 64.2 Å². The van der Waals surface area contributed by atoms with Gasteiger partial charge < -0.3 is 0 Å². The van der Waals surface area contributed by atoms with Crippen molar-refractivity contribution < 1.29 is 4.57 Å². The Kier molecular flexibility index (Phi) is 5.18. The molecule has 2 aromatic carbocycles. The molecule has 28 heavy (non-hydrogen) atoms. The summed E-state index contributed by atoms with van der Waals surface area (Å²) in [5.41, 5.74) is 7.02. The molecule has 0 atom stereocenters. The van der Waals surface area contributed by atoms with E-state index in [2.05, 4.69) is 87.2 Å². The molecule has 1 fully saturated rings. The van der Waals surface area contributed by atoms with E-state index < -0.39 is 8.07 Å². The van der Waals surface area contributed by atoms with E-state index in [-0.39, 0.29) is 0 Å². The predicted molar refractivity (Wildman–Crippen MR) is 124 cm³/mol. The normalized spacial score (nSPS) is 17.2. The van der Waals surface area contributed by atoms with Gasteiger partial charge in [-0.15, -0.1) is 0 Å². The summed E-state index contributed by atoms with van der Waals surface area (Å²) >= 11 is 0. The number of rotatable bonds is 3. The van der Waals surface area contributed by atoms with Crippen molar-refractivity contribution in [3.63, 3.8) is 0 Å². The number of hydrogen-bond acceptors (Lipinski definition) is 0. The minimum absolute atomic E-state index is 0.757. The van der Waals surface area contributed by atoms with Gasteiger partial charge in [0.05, 0.1) is 5.39 Å². The first-order chi connectivity index (χ1) is 13.4. The summed E-state index contributed by atoms with van der Waals surface area (Å²) in [6.07, 6.45) is 6.08. The highest BCUT2D eigenvalue weighted by Crippen LogP contribution is 2.39. The van der Waals surface area contributed by atoms with Gasteiger partial charge in [0.1, 0.15) is 7.05 Å². The van der Waals surface area contributed by atoms with Crippen LogP contribution in [0.1, 0.15) is 42.4 Å². The molecule has 0 unspecified atom stereocenters. The number of benzene rings is 2. The van der Waals surface area contributed by atoms with Gasteiger partial charge in [0.15, 0.2) is 6.20 Å². The van der Waals surface area contributed by atoms with E-state index in [9.17, 15) is 0 Å². The SMILES string of the molecule is CCc1ccc(C)c(-c2c3ccc(C4CC[Si](C)(C)CC4)cc3cc[n+]2C)c1. The maximum atomic E-state index is 2.56. The van der Waals surface area contributed by atoms with Gasteiger partial charge in [-0.1, -0.05) is 56.4 Å². The molecule has 0 radical (unpaired) electrons. The molecule has 0 spiro atoms. The maximum absolute atomic E-state index is 2.56. The third kappa shape index (κ3) is 3.67. The lowest BCUT2D eigenvalue weighted by molar-refractivity contribution is -0.659. The smallest absolute Gasteiger partial charge is 0.200 e. The van der Waals surface area contributed by atoms with Gasteiger partial charge in [-0.05, 0) is 66.3 Å². The Morgan fingerprint density at radius 2 is 1.75 bits per heavy atom. The molecule has 0 N–H and O–H groups in total. The molecular weight excluding hydrogens is 354 g/mol. The van der Waals surface area contributed by atoms with E-state index in [4.69, 9.17) is 0 Å². The van der Waals surface area contributed by atoms with Crippen molar-refractivity contribution in [3.8, 4) is 11.3 Å². The summed E-state index contributed by atoms with van der Waals surface area (Å²) < 4.78 is 2.29. The predicted octanol–water partition coefficient (Wildman–Crippen LogP) is 6.79. The number of aryl methyl sites for hydroxylation is 3. The highest BCUT2D eigenvalue weighted by molar-refractivity contribution is 6.77. The van der Waals surface area contributed by atoms with Crippen LogP contribution in [-0.4, -0.2) is 8.07 Å². The highest BCUT2D eigenvalue weighted by Gasteiger charge is 2.29. The van der Waals surface area contributed by atoms with E-state index in [0.717, 1.165) is 12.3 Å². The van der Waals surface area contributed by atoms with Gasteiger partial charge in [0.25, 0.3) is 0 Å².